The van der Waals surface area contributed by atoms with Crippen LogP contribution in [0, 0.1) is 13.8 Å². The first-order chi connectivity index (χ1) is 12.3. The number of nitrogens with zero attached hydrogens (tertiary/aromatic N) is 2. The predicted molar refractivity (Wildman–Crippen MR) is 99.2 cm³/mol. The molecule has 0 aliphatic carbocycles. The van der Waals surface area contributed by atoms with Gasteiger partial charge in [-0.3, -0.25) is 4.98 Å². The molecule has 3 aromatic rings. The number of hydrogen-bond donors (Lipinski definition) is 1. The molecule has 1 aliphatic heterocycles. The van der Waals surface area contributed by atoms with Crippen molar-refractivity contribution in [2.45, 2.75) is 37.5 Å². The molecule has 1 N–H and O–H groups in total. The van der Waals surface area contributed by atoms with Gasteiger partial charge in [0.05, 0.1) is 21.1 Å². The fraction of sp³-hybridized carbons (Fsp3) is 0.412. The number of aromatic amines is 1. The summed E-state index contributed by atoms with van der Waals surface area (Å²) in [4.78, 5) is 19.8. The van der Waals surface area contributed by atoms with Gasteiger partial charge in [0.15, 0.2) is 5.58 Å². The molecule has 0 unspecified atom stereocenters. The van der Waals surface area contributed by atoms with E-state index >= 15 is 0 Å². The summed E-state index contributed by atoms with van der Waals surface area (Å²) in [5, 5.41) is 1.10. The number of rotatable bonds is 3. The lowest BCUT2D eigenvalue weighted by molar-refractivity contribution is 0.319. The molecule has 3 heterocycles. The van der Waals surface area contributed by atoms with Crippen molar-refractivity contribution >= 4 is 32.5 Å². The normalized spacial score (nSPS) is 17.2. The zero-order chi connectivity index (χ0) is 18.5. The molecule has 2 aromatic heterocycles. The Hall–Kier alpha value is -1.97. The van der Waals surface area contributed by atoms with Crippen molar-refractivity contribution < 1.29 is 12.8 Å². The minimum Gasteiger partial charge on any atom is -0.408 e. The molecule has 0 bridgehead atoms. The highest BCUT2D eigenvalue weighted by molar-refractivity contribution is 7.89. The van der Waals surface area contributed by atoms with Gasteiger partial charge < -0.3 is 4.42 Å². The number of benzene rings is 1. The highest BCUT2D eigenvalue weighted by atomic mass is 32.2. The van der Waals surface area contributed by atoms with Crippen LogP contribution in [0.5, 0.6) is 0 Å². The summed E-state index contributed by atoms with van der Waals surface area (Å²) in [6, 6.07) is 4.46. The quantitative estimate of drug-likeness (QED) is 0.738. The summed E-state index contributed by atoms with van der Waals surface area (Å²) in [5.41, 5.74) is 1.79. The van der Waals surface area contributed by atoms with Gasteiger partial charge in [-0.05, 0) is 38.8 Å². The smallest absolute Gasteiger partial charge is 0.408 e. The average Bonchev–Trinajstić information content (AvgIpc) is 3.15. The monoisotopic (exact) mass is 393 g/mol. The lowest BCUT2D eigenvalue weighted by Gasteiger charge is -2.30. The molecule has 1 aromatic carbocycles. The van der Waals surface area contributed by atoms with Gasteiger partial charge in [-0.15, -0.1) is 11.3 Å². The Balaban J connectivity index is 1.54. The van der Waals surface area contributed by atoms with Crippen LogP contribution < -0.4 is 5.76 Å². The van der Waals surface area contributed by atoms with Gasteiger partial charge in [0.2, 0.25) is 10.0 Å². The fourth-order valence-electron chi connectivity index (χ4n) is 3.25. The molecule has 0 radical (unpaired) electrons. The van der Waals surface area contributed by atoms with Crippen LogP contribution >= 0.6 is 11.3 Å². The van der Waals surface area contributed by atoms with E-state index in [-0.39, 0.29) is 10.5 Å². The molecule has 26 heavy (non-hydrogen) atoms. The maximum absolute atomic E-state index is 12.9. The lowest BCUT2D eigenvalue weighted by atomic mass is 9.99. The van der Waals surface area contributed by atoms with Crippen LogP contribution in [0.3, 0.4) is 0 Å². The first kappa shape index (κ1) is 17.4. The number of fused-ring (bicyclic) bond motifs is 1. The third-order valence-corrected chi connectivity index (χ3v) is 8.01. The maximum Gasteiger partial charge on any atom is 0.417 e. The third kappa shape index (κ3) is 3.00. The van der Waals surface area contributed by atoms with Crippen molar-refractivity contribution in [2.75, 3.05) is 13.1 Å². The SMILES string of the molecule is Cc1nc(C2CCN(S(=O)(=O)c3ccc4[nH]c(=O)oc4c3)CC2)sc1C. The second-order valence-electron chi connectivity index (χ2n) is 6.54. The summed E-state index contributed by atoms with van der Waals surface area (Å²) < 4.78 is 32.3. The Morgan fingerprint density at radius 2 is 2.00 bits per heavy atom. The summed E-state index contributed by atoms with van der Waals surface area (Å²) >= 11 is 1.71. The Kier molecular flexibility index (Phi) is 4.25. The van der Waals surface area contributed by atoms with Crippen molar-refractivity contribution in [3.63, 3.8) is 0 Å². The van der Waals surface area contributed by atoms with Crippen LogP contribution in [0.25, 0.3) is 11.1 Å². The number of hydrogen-bond acceptors (Lipinski definition) is 6. The predicted octanol–water partition coefficient (Wildman–Crippen LogP) is 2.76. The van der Waals surface area contributed by atoms with Crippen LogP contribution in [-0.4, -0.2) is 35.8 Å². The number of oxazole rings is 1. The van der Waals surface area contributed by atoms with Crippen LogP contribution in [0.1, 0.15) is 34.3 Å². The summed E-state index contributed by atoms with van der Waals surface area (Å²) in [6.45, 7) is 4.98. The van der Waals surface area contributed by atoms with Crippen molar-refractivity contribution in [1.29, 1.82) is 0 Å². The average molecular weight is 393 g/mol. The molecule has 4 rings (SSSR count). The van der Waals surface area contributed by atoms with E-state index in [1.807, 2.05) is 6.92 Å². The second-order valence-corrected chi connectivity index (χ2v) is 9.72. The van der Waals surface area contributed by atoms with Gasteiger partial charge in [-0.2, -0.15) is 4.31 Å². The zero-order valence-electron chi connectivity index (χ0n) is 14.5. The van der Waals surface area contributed by atoms with Crippen LogP contribution in [0.4, 0.5) is 0 Å². The van der Waals surface area contributed by atoms with Crippen molar-refractivity contribution in [3.8, 4) is 0 Å². The number of thiazole rings is 1. The van der Waals surface area contributed by atoms with Crippen molar-refractivity contribution in [1.82, 2.24) is 14.3 Å². The molecule has 9 heteroatoms. The van der Waals surface area contributed by atoms with E-state index in [4.69, 9.17) is 4.42 Å². The molecular weight excluding hydrogens is 374 g/mol. The maximum atomic E-state index is 12.9. The van der Waals surface area contributed by atoms with Gasteiger partial charge in [-0.25, -0.2) is 18.2 Å². The molecule has 7 nitrogen and oxygen atoms in total. The van der Waals surface area contributed by atoms with Gasteiger partial charge in [-0.1, -0.05) is 0 Å². The molecule has 1 fully saturated rings. The summed E-state index contributed by atoms with van der Waals surface area (Å²) in [6.07, 6.45) is 1.51. The summed E-state index contributed by atoms with van der Waals surface area (Å²) in [7, 11) is -3.61. The highest BCUT2D eigenvalue weighted by Crippen LogP contribution is 2.34. The number of aryl methyl sites for hydroxylation is 2. The van der Waals surface area contributed by atoms with E-state index in [0.29, 0.717) is 24.5 Å². The minimum absolute atomic E-state index is 0.145. The highest BCUT2D eigenvalue weighted by Gasteiger charge is 2.31. The Labute approximate surface area is 154 Å². The van der Waals surface area contributed by atoms with Gasteiger partial charge in [0, 0.05) is 30.0 Å². The molecule has 0 spiro atoms. The fourth-order valence-corrected chi connectivity index (χ4v) is 5.83. The van der Waals surface area contributed by atoms with E-state index in [2.05, 4.69) is 16.9 Å². The first-order valence-electron chi connectivity index (χ1n) is 8.41. The van der Waals surface area contributed by atoms with E-state index in [1.165, 1.54) is 21.3 Å². The minimum atomic E-state index is -3.61. The van der Waals surface area contributed by atoms with Gasteiger partial charge in [0.1, 0.15) is 0 Å². The number of sulfonamides is 1. The first-order valence-corrected chi connectivity index (χ1v) is 10.7. The molecule has 1 saturated heterocycles. The van der Waals surface area contributed by atoms with Crippen molar-refractivity contribution in [2.24, 2.45) is 0 Å². The molecular formula is C17H19N3O4S2. The number of aromatic nitrogens is 2. The van der Waals surface area contributed by atoms with E-state index in [9.17, 15) is 13.2 Å². The van der Waals surface area contributed by atoms with Gasteiger partial charge >= 0.3 is 5.76 Å². The van der Waals surface area contributed by atoms with Crippen LogP contribution in [0.2, 0.25) is 0 Å². The standard InChI is InChI=1S/C17H19N3O4S2/c1-10-11(2)25-16(18-10)12-5-7-20(8-6-12)26(22,23)13-3-4-14-15(9-13)24-17(21)19-14/h3-4,9,12H,5-8H2,1-2H3,(H,19,21). The van der Waals surface area contributed by atoms with E-state index in [1.54, 1.807) is 17.4 Å². The molecule has 0 saturated carbocycles. The van der Waals surface area contributed by atoms with Crippen molar-refractivity contribution in [3.05, 3.63) is 44.3 Å². The van der Waals surface area contributed by atoms with Gasteiger partial charge in [0.25, 0.3) is 0 Å². The number of nitrogens with one attached hydrogen (secondary N) is 1. The Morgan fingerprint density at radius 1 is 1.27 bits per heavy atom. The zero-order valence-corrected chi connectivity index (χ0v) is 16.1. The second kappa shape index (κ2) is 6.33. The third-order valence-electron chi connectivity index (χ3n) is 4.88. The topological polar surface area (TPSA) is 96.3 Å². The van der Waals surface area contributed by atoms with E-state index in [0.717, 1.165) is 23.5 Å². The number of H-pyrrole nitrogens is 1. The van der Waals surface area contributed by atoms with Crippen LogP contribution in [-0.2, 0) is 10.0 Å². The molecule has 138 valence electrons. The summed E-state index contributed by atoms with van der Waals surface area (Å²) in [5.74, 6) is -0.284. The Bertz CT molecular complexity index is 1100. The van der Waals surface area contributed by atoms with Crippen LogP contribution in [0.15, 0.2) is 32.3 Å². The largest absolute Gasteiger partial charge is 0.417 e. The van der Waals surface area contributed by atoms with E-state index < -0.39 is 15.8 Å². The number of piperidine rings is 1. The lowest BCUT2D eigenvalue weighted by Crippen LogP contribution is -2.37. The Morgan fingerprint density at radius 3 is 2.65 bits per heavy atom. The molecule has 0 amide bonds. The molecule has 0 atom stereocenters. The molecule has 1 aliphatic rings.